The monoisotopic (exact) mass is 292 g/mol. The van der Waals surface area contributed by atoms with Gasteiger partial charge in [-0.15, -0.1) is 0 Å². The molecule has 2 rings (SSSR count). The van der Waals surface area contributed by atoms with Crippen molar-refractivity contribution < 1.29 is 19.4 Å². The molecule has 5 heteroatoms. The van der Waals surface area contributed by atoms with Crippen molar-refractivity contribution >= 4 is 17.9 Å². The molecule has 0 aliphatic heterocycles. The van der Waals surface area contributed by atoms with E-state index in [2.05, 4.69) is 0 Å². The molecule has 0 bridgehead atoms. The van der Waals surface area contributed by atoms with Crippen LogP contribution in [0.3, 0.4) is 0 Å². The van der Waals surface area contributed by atoms with Crippen LogP contribution in [0.2, 0.25) is 5.02 Å². The van der Waals surface area contributed by atoms with Gasteiger partial charge in [-0.05, 0) is 29.8 Å². The maximum Gasteiger partial charge on any atom is 0.169 e. The number of aliphatic hydroxyl groups is 1. The van der Waals surface area contributed by atoms with E-state index in [1.807, 2.05) is 0 Å². The number of benzene rings is 2. The van der Waals surface area contributed by atoms with Crippen LogP contribution in [-0.4, -0.2) is 18.5 Å². The highest BCUT2D eigenvalue weighted by molar-refractivity contribution is 6.33. The molecular weight excluding hydrogens is 280 g/mol. The molecule has 0 saturated heterocycles. The summed E-state index contributed by atoms with van der Waals surface area (Å²) in [5.74, 6) is 1.50. The first-order valence-corrected chi connectivity index (χ1v) is 6.26. The Morgan fingerprint density at radius 3 is 2.60 bits per heavy atom. The number of carbonyl (C=O) groups excluding carboxylic acids is 1. The van der Waals surface area contributed by atoms with Crippen molar-refractivity contribution in [2.24, 2.45) is 0 Å². The summed E-state index contributed by atoms with van der Waals surface area (Å²) in [4.78, 5) is 10.7. The lowest BCUT2D eigenvalue weighted by Gasteiger charge is -2.12. The number of aliphatic hydroxyl groups excluding tert-OH is 1. The predicted octanol–water partition coefficient (Wildman–Crippen LogP) is 3.45. The third kappa shape index (κ3) is 3.10. The van der Waals surface area contributed by atoms with Gasteiger partial charge in [0, 0.05) is 11.6 Å². The average Bonchev–Trinajstić information content (AvgIpc) is 2.48. The summed E-state index contributed by atoms with van der Waals surface area (Å²) in [6.07, 6.45) is 0.683. The van der Waals surface area contributed by atoms with E-state index < -0.39 is 0 Å². The molecule has 0 amide bonds. The van der Waals surface area contributed by atoms with Crippen LogP contribution in [0, 0.1) is 0 Å². The minimum Gasteiger partial charge on any atom is -0.493 e. The highest BCUT2D eigenvalue weighted by atomic mass is 35.5. The van der Waals surface area contributed by atoms with Gasteiger partial charge in [-0.3, -0.25) is 4.79 Å². The summed E-state index contributed by atoms with van der Waals surface area (Å²) in [5, 5.41) is 9.41. The number of ether oxygens (including phenoxy) is 2. The molecule has 4 nitrogen and oxygen atoms in total. The molecule has 0 heterocycles. The molecular formula is C15H13ClO4. The second-order valence-corrected chi connectivity index (χ2v) is 4.45. The van der Waals surface area contributed by atoms with E-state index >= 15 is 0 Å². The fourth-order valence-electron chi connectivity index (χ4n) is 1.69. The van der Waals surface area contributed by atoms with Gasteiger partial charge in [0.15, 0.2) is 17.8 Å². The van der Waals surface area contributed by atoms with E-state index in [9.17, 15) is 4.79 Å². The number of hydrogen-bond acceptors (Lipinski definition) is 4. The highest BCUT2D eigenvalue weighted by Gasteiger charge is 2.08. The van der Waals surface area contributed by atoms with Crippen LogP contribution in [0.25, 0.3) is 0 Å². The summed E-state index contributed by atoms with van der Waals surface area (Å²) in [7, 11) is 1.52. The van der Waals surface area contributed by atoms with Crippen molar-refractivity contribution in [3.05, 3.63) is 52.5 Å². The van der Waals surface area contributed by atoms with Crippen LogP contribution >= 0.6 is 11.6 Å². The molecule has 2 aromatic rings. The number of methoxy groups -OCH3 is 1. The third-order valence-electron chi connectivity index (χ3n) is 2.74. The first-order chi connectivity index (χ1) is 9.67. The third-order valence-corrected chi connectivity index (χ3v) is 3.06. The fourth-order valence-corrected chi connectivity index (χ4v) is 1.90. The van der Waals surface area contributed by atoms with Gasteiger partial charge in [-0.25, -0.2) is 0 Å². The zero-order valence-corrected chi connectivity index (χ0v) is 11.6. The van der Waals surface area contributed by atoms with E-state index in [1.165, 1.54) is 7.11 Å². The number of halogens is 1. The summed E-state index contributed by atoms with van der Waals surface area (Å²) in [5.41, 5.74) is 1.13. The first-order valence-electron chi connectivity index (χ1n) is 5.88. The molecule has 20 heavy (non-hydrogen) atoms. The van der Waals surface area contributed by atoms with Crippen LogP contribution in [-0.2, 0) is 6.61 Å². The van der Waals surface area contributed by atoms with Crippen LogP contribution < -0.4 is 9.47 Å². The topological polar surface area (TPSA) is 55.8 Å². The molecule has 0 saturated carbocycles. The molecule has 0 aliphatic carbocycles. The Bertz CT molecular complexity index is 625. The molecule has 0 unspecified atom stereocenters. The van der Waals surface area contributed by atoms with Gasteiger partial charge in [-0.1, -0.05) is 17.7 Å². The lowest BCUT2D eigenvalue weighted by atomic mass is 10.2. The Hall–Kier alpha value is -2.04. The van der Waals surface area contributed by atoms with E-state index in [4.69, 9.17) is 26.2 Å². The van der Waals surface area contributed by atoms with Crippen molar-refractivity contribution in [3.63, 3.8) is 0 Å². The molecule has 0 atom stereocenters. The second kappa shape index (κ2) is 6.41. The van der Waals surface area contributed by atoms with Gasteiger partial charge in [0.05, 0.1) is 18.7 Å². The van der Waals surface area contributed by atoms with Gasteiger partial charge in [-0.2, -0.15) is 0 Å². The summed E-state index contributed by atoms with van der Waals surface area (Å²) in [6, 6.07) is 9.92. The number of hydrogen-bond donors (Lipinski definition) is 1. The van der Waals surface area contributed by atoms with Gasteiger partial charge in [0.2, 0.25) is 0 Å². The number of carbonyl (C=O) groups is 1. The van der Waals surface area contributed by atoms with E-state index in [0.29, 0.717) is 34.1 Å². The zero-order valence-electron chi connectivity index (χ0n) is 10.8. The maximum atomic E-state index is 10.7. The maximum absolute atomic E-state index is 10.7. The van der Waals surface area contributed by atoms with Gasteiger partial charge in [0.25, 0.3) is 0 Å². The molecule has 0 aromatic heterocycles. The van der Waals surface area contributed by atoms with Gasteiger partial charge < -0.3 is 14.6 Å². The Kier molecular flexibility index (Phi) is 4.61. The van der Waals surface area contributed by atoms with E-state index in [0.717, 1.165) is 5.56 Å². The normalized spacial score (nSPS) is 10.2. The summed E-state index contributed by atoms with van der Waals surface area (Å²) >= 11 is 5.94. The van der Waals surface area contributed by atoms with Crippen molar-refractivity contribution in [2.45, 2.75) is 6.61 Å². The van der Waals surface area contributed by atoms with Crippen molar-refractivity contribution in [3.8, 4) is 17.2 Å². The molecule has 0 spiro atoms. The first kappa shape index (κ1) is 14.4. The minimum absolute atomic E-state index is 0.0729. The van der Waals surface area contributed by atoms with Crippen LogP contribution in [0.1, 0.15) is 15.9 Å². The van der Waals surface area contributed by atoms with Crippen LogP contribution in [0.5, 0.6) is 17.2 Å². The molecule has 0 fully saturated rings. The minimum atomic E-state index is -0.0729. The lowest BCUT2D eigenvalue weighted by molar-refractivity contribution is 0.112. The largest absolute Gasteiger partial charge is 0.493 e. The lowest BCUT2D eigenvalue weighted by Crippen LogP contribution is -1.93. The number of aldehydes is 1. The van der Waals surface area contributed by atoms with E-state index in [1.54, 1.807) is 36.4 Å². The Morgan fingerprint density at radius 1 is 1.20 bits per heavy atom. The van der Waals surface area contributed by atoms with Crippen molar-refractivity contribution in [1.82, 2.24) is 0 Å². The SMILES string of the molecule is COc1cc(CO)ccc1Oc1ccc(C=O)c(Cl)c1. The predicted molar refractivity (Wildman–Crippen MR) is 75.8 cm³/mol. The quantitative estimate of drug-likeness (QED) is 0.858. The standard InChI is InChI=1S/C15H13ClO4/c1-19-15-6-10(8-17)2-5-14(15)20-12-4-3-11(9-18)13(16)7-12/h2-7,9,17H,8H2,1H3. The highest BCUT2D eigenvalue weighted by Crippen LogP contribution is 2.33. The van der Waals surface area contributed by atoms with Crippen LogP contribution in [0.4, 0.5) is 0 Å². The molecule has 1 N–H and O–H groups in total. The molecule has 2 aromatic carbocycles. The zero-order chi connectivity index (χ0) is 14.5. The van der Waals surface area contributed by atoms with Crippen molar-refractivity contribution in [1.29, 1.82) is 0 Å². The van der Waals surface area contributed by atoms with E-state index in [-0.39, 0.29) is 6.61 Å². The Balaban J connectivity index is 2.29. The van der Waals surface area contributed by atoms with Crippen molar-refractivity contribution in [2.75, 3.05) is 7.11 Å². The summed E-state index contributed by atoms with van der Waals surface area (Å²) < 4.78 is 10.9. The Morgan fingerprint density at radius 2 is 2.00 bits per heavy atom. The fraction of sp³-hybridized carbons (Fsp3) is 0.133. The second-order valence-electron chi connectivity index (χ2n) is 4.05. The molecule has 0 aliphatic rings. The Labute approximate surface area is 121 Å². The molecule has 104 valence electrons. The van der Waals surface area contributed by atoms with Gasteiger partial charge in [0.1, 0.15) is 5.75 Å². The van der Waals surface area contributed by atoms with Crippen LogP contribution in [0.15, 0.2) is 36.4 Å². The molecule has 0 radical (unpaired) electrons. The average molecular weight is 293 g/mol. The smallest absolute Gasteiger partial charge is 0.169 e. The van der Waals surface area contributed by atoms with Gasteiger partial charge >= 0.3 is 0 Å². The number of rotatable bonds is 5. The summed E-state index contributed by atoms with van der Waals surface area (Å²) in [6.45, 7) is -0.0729.